The molecule has 1 aromatic carbocycles. The molecule has 8 heteroatoms. The van der Waals surface area contributed by atoms with Crippen LogP contribution in [-0.2, 0) is 18.4 Å². The molecule has 0 saturated heterocycles. The lowest BCUT2D eigenvalue weighted by Crippen LogP contribution is -2.37. The molecule has 2 aromatic heterocycles. The van der Waals surface area contributed by atoms with Crippen molar-refractivity contribution in [3.8, 4) is 11.4 Å². The minimum Gasteiger partial charge on any atom is -0.368 e. The minimum absolute atomic E-state index is 0.119. The molecule has 0 radical (unpaired) electrons. The van der Waals surface area contributed by atoms with Gasteiger partial charge >= 0.3 is 5.69 Å². The van der Waals surface area contributed by atoms with Crippen LogP contribution in [0.2, 0.25) is 0 Å². The molecule has 1 aliphatic carbocycles. The van der Waals surface area contributed by atoms with E-state index in [-0.39, 0.29) is 11.7 Å². The van der Waals surface area contributed by atoms with Crippen LogP contribution in [0, 0.1) is 5.92 Å². The first-order chi connectivity index (χ1) is 17.6. The lowest BCUT2D eigenvalue weighted by molar-refractivity contribution is 0.322. The van der Waals surface area contributed by atoms with Crippen molar-refractivity contribution in [2.45, 2.75) is 83.2 Å². The van der Waals surface area contributed by atoms with Crippen molar-refractivity contribution >= 4 is 0 Å². The fourth-order valence-corrected chi connectivity index (χ4v) is 5.79. The van der Waals surface area contributed by atoms with Gasteiger partial charge in [0.25, 0.3) is 0 Å². The first-order valence-electron chi connectivity index (χ1n) is 13.4. The molecule has 36 heavy (non-hydrogen) atoms. The van der Waals surface area contributed by atoms with Gasteiger partial charge in [-0.25, -0.2) is 4.79 Å². The summed E-state index contributed by atoms with van der Waals surface area (Å²) in [5.74, 6) is 1.07. The number of hydrogen-bond acceptors (Lipinski definition) is 5. The molecule has 0 bridgehead atoms. The van der Waals surface area contributed by atoms with Crippen LogP contribution in [-0.4, -0.2) is 29.8 Å². The second-order valence-electron chi connectivity index (χ2n) is 10.4. The number of dihydropyridines is 1. The van der Waals surface area contributed by atoms with Crippen LogP contribution in [0.1, 0.15) is 76.1 Å². The predicted octanol–water partition coefficient (Wildman–Crippen LogP) is 4.88. The summed E-state index contributed by atoms with van der Waals surface area (Å²) in [4.78, 5) is 14.0. The maximum Gasteiger partial charge on any atom is 0.328 e. The maximum absolute atomic E-state index is 14.0. The summed E-state index contributed by atoms with van der Waals surface area (Å²) in [6, 6.07) is 8.50. The molecule has 190 valence electrons. The fourth-order valence-electron chi connectivity index (χ4n) is 5.79. The number of benzene rings is 1. The molecule has 2 atom stereocenters. The van der Waals surface area contributed by atoms with Crippen molar-refractivity contribution in [1.82, 2.24) is 35.1 Å². The van der Waals surface area contributed by atoms with Crippen LogP contribution in [0.25, 0.3) is 11.4 Å². The van der Waals surface area contributed by atoms with Crippen molar-refractivity contribution in [2.24, 2.45) is 5.92 Å². The Bertz CT molecular complexity index is 1260. The van der Waals surface area contributed by atoms with Crippen molar-refractivity contribution < 1.29 is 0 Å². The van der Waals surface area contributed by atoms with E-state index < -0.39 is 5.41 Å². The average Bonchev–Trinajstić information content (AvgIpc) is 3.49. The van der Waals surface area contributed by atoms with Crippen LogP contribution >= 0.6 is 0 Å². The third-order valence-electron chi connectivity index (χ3n) is 7.92. The fraction of sp³-hybridized carbons (Fsp3) is 0.500. The van der Waals surface area contributed by atoms with E-state index in [0.29, 0.717) is 18.3 Å². The van der Waals surface area contributed by atoms with E-state index in [0.717, 1.165) is 42.5 Å². The number of rotatable bonds is 8. The largest absolute Gasteiger partial charge is 0.368 e. The van der Waals surface area contributed by atoms with E-state index in [9.17, 15) is 4.79 Å². The van der Waals surface area contributed by atoms with Gasteiger partial charge in [-0.05, 0) is 60.8 Å². The Labute approximate surface area is 212 Å². The average molecular weight is 488 g/mol. The zero-order valence-electron chi connectivity index (χ0n) is 21.4. The molecular formula is C28H37N7O. The van der Waals surface area contributed by atoms with Gasteiger partial charge in [0.05, 0.1) is 5.41 Å². The summed E-state index contributed by atoms with van der Waals surface area (Å²) in [6.45, 7) is 5.06. The van der Waals surface area contributed by atoms with Gasteiger partial charge in [-0.15, -0.1) is 10.2 Å². The van der Waals surface area contributed by atoms with Crippen molar-refractivity contribution in [3.05, 3.63) is 76.8 Å². The lowest BCUT2D eigenvalue weighted by atomic mass is 9.78. The Balaban J connectivity index is 1.57. The standard InChI is InChI=1S/C28H37N7O/c1-3-4-12-24-19-34(25-13-7-5-6-9-21(25)2)27(36)35(24)20-28(14-16-29-17-15-28)23-11-8-10-22(18-23)26-30-32-33-31-26/h8,10-11,14-19,21,25,29H,3-7,9,12-13,20H2,1-2H3,(H,30,31,32,33). The number of nitrogens with one attached hydrogen (secondary N) is 2. The van der Waals surface area contributed by atoms with Crippen molar-refractivity contribution in [1.29, 1.82) is 0 Å². The molecule has 2 N–H and O–H groups in total. The van der Waals surface area contributed by atoms with Crippen LogP contribution in [0.3, 0.4) is 0 Å². The number of aromatic nitrogens is 6. The molecule has 5 rings (SSSR count). The van der Waals surface area contributed by atoms with E-state index in [2.05, 4.69) is 74.8 Å². The number of allylic oxidation sites excluding steroid dienone is 2. The molecule has 0 amide bonds. The topological polar surface area (TPSA) is 93.4 Å². The first-order valence-corrected chi connectivity index (χ1v) is 13.4. The van der Waals surface area contributed by atoms with E-state index in [1.165, 1.54) is 25.7 Å². The number of H-pyrrole nitrogens is 1. The summed E-state index contributed by atoms with van der Waals surface area (Å²) in [7, 11) is 0. The SMILES string of the molecule is CCCCc1cn(C2CCCCCC2C)c(=O)n1CC1(c2cccc(-c3nn[nH]n3)c2)C=CNC=C1. The summed E-state index contributed by atoms with van der Waals surface area (Å²) in [5.41, 5.74) is 2.75. The smallest absolute Gasteiger partial charge is 0.328 e. The summed E-state index contributed by atoms with van der Waals surface area (Å²) in [6.07, 6.45) is 19.5. The Morgan fingerprint density at radius 3 is 2.75 bits per heavy atom. The number of imidazole rings is 1. The predicted molar refractivity (Wildman–Crippen MR) is 141 cm³/mol. The third-order valence-corrected chi connectivity index (χ3v) is 7.92. The molecule has 3 heterocycles. The Hall–Kier alpha value is -3.42. The van der Waals surface area contributed by atoms with Crippen LogP contribution in [0.4, 0.5) is 0 Å². The van der Waals surface area contributed by atoms with Gasteiger partial charge in [0.2, 0.25) is 5.82 Å². The van der Waals surface area contributed by atoms with Gasteiger partial charge in [0.1, 0.15) is 0 Å². The van der Waals surface area contributed by atoms with E-state index >= 15 is 0 Å². The molecule has 1 fully saturated rings. The zero-order valence-corrected chi connectivity index (χ0v) is 21.4. The number of unbranched alkanes of at least 4 members (excludes halogenated alkanes) is 1. The minimum atomic E-state index is -0.475. The highest BCUT2D eigenvalue weighted by Crippen LogP contribution is 2.35. The molecule has 8 nitrogen and oxygen atoms in total. The van der Waals surface area contributed by atoms with Crippen molar-refractivity contribution in [3.63, 3.8) is 0 Å². The number of hydrogen-bond donors (Lipinski definition) is 2. The molecule has 3 aromatic rings. The van der Waals surface area contributed by atoms with Gasteiger partial charge in [-0.1, -0.05) is 69.9 Å². The lowest BCUT2D eigenvalue weighted by Gasteiger charge is -2.31. The molecule has 1 saturated carbocycles. The molecule has 2 aliphatic rings. The first kappa shape index (κ1) is 24.3. The second kappa shape index (κ2) is 10.7. The number of aromatic amines is 1. The van der Waals surface area contributed by atoms with E-state index in [1.807, 2.05) is 29.1 Å². The quantitative estimate of drug-likeness (QED) is 0.442. The molecule has 0 spiro atoms. The van der Waals surface area contributed by atoms with Crippen molar-refractivity contribution in [2.75, 3.05) is 0 Å². The number of tetrazole rings is 1. The molecule has 2 unspecified atom stereocenters. The molecular weight excluding hydrogens is 450 g/mol. The van der Waals surface area contributed by atoms with Crippen LogP contribution in [0.5, 0.6) is 0 Å². The van der Waals surface area contributed by atoms with Gasteiger partial charge in [-0.3, -0.25) is 9.13 Å². The summed E-state index contributed by atoms with van der Waals surface area (Å²) in [5, 5.41) is 17.7. The summed E-state index contributed by atoms with van der Waals surface area (Å²) >= 11 is 0. The zero-order chi connectivity index (χ0) is 25.0. The van der Waals surface area contributed by atoms with Crippen LogP contribution < -0.4 is 11.0 Å². The van der Waals surface area contributed by atoms with E-state index in [1.54, 1.807) is 0 Å². The molecule has 1 aliphatic heterocycles. The summed E-state index contributed by atoms with van der Waals surface area (Å²) < 4.78 is 4.10. The Morgan fingerprint density at radius 1 is 1.14 bits per heavy atom. The second-order valence-corrected chi connectivity index (χ2v) is 10.4. The van der Waals surface area contributed by atoms with Crippen LogP contribution in [0.15, 0.2) is 59.8 Å². The number of aryl methyl sites for hydroxylation is 1. The normalized spacial score (nSPS) is 21.3. The highest BCUT2D eigenvalue weighted by Gasteiger charge is 2.32. The van der Waals surface area contributed by atoms with Gasteiger partial charge in [0, 0.05) is 30.0 Å². The highest BCUT2D eigenvalue weighted by atomic mass is 16.1. The van der Waals surface area contributed by atoms with Gasteiger partial charge in [0.15, 0.2) is 0 Å². The van der Waals surface area contributed by atoms with Gasteiger partial charge < -0.3 is 5.32 Å². The van der Waals surface area contributed by atoms with Gasteiger partial charge in [-0.2, -0.15) is 5.21 Å². The monoisotopic (exact) mass is 487 g/mol. The Morgan fingerprint density at radius 2 is 1.97 bits per heavy atom. The maximum atomic E-state index is 14.0. The van der Waals surface area contributed by atoms with E-state index in [4.69, 9.17) is 0 Å². The number of nitrogens with zero attached hydrogens (tertiary/aromatic N) is 5. The highest BCUT2D eigenvalue weighted by molar-refractivity contribution is 5.57. The Kier molecular flexibility index (Phi) is 7.20. The third kappa shape index (κ3) is 4.81.